The van der Waals surface area contributed by atoms with Gasteiger partial charge >= 0.3 is 0 Å². The van der Waals surface area contributed by atoms with Crippen LogP contribution in [0.1, 0.15) is 16.7 Å². The zero-order chi connectivity index (χ0) is 18.6. The molecule has 26 heavy (non-hydrogen) atoms. The van der Waals surface area contributed by atoms with Crippen molar-refractivity contribution in [1.29, 1.82) is 0 Å². The lowest BCUT2D eigenvalue weighted by Gasteiger charge is -2.25. The fourth-order valence-corrected chi connectivity index (χ4v) is 16.5. The Morgan fingerprint density at radius 2 is 0.692 bits per heavy atom. The van der Waals surface area contributed by atoms with Crippen molar-refractivity contribution in [3.05, 3.63) is 89.5 Å². The zero-order valence-electron chi connectivity index (χ0n) is 15.7. The van der Waals surface area contributed by atoms with Gasteiger partial charge in [-0.25, -0.2) is 0 Å². The molecule has 0 N–H and O–H groups in total. The third-order valence-electron chi connectivity index (χ3n) is 3.97. The summed E-state index contributed by atoms with van der Waals surface area (Å²) in [5.74, 6) is 0. The molecule has 0 aliphatic rings. The van der Waals surface area contributed by atoms with Gasteiger partial charge in [-0.3, -0.25) is 0 Å². The molecule has 3 rings (SSSR count). The highest BCUT2D eigenvalue weighted by atomic mass is 32.8. The average Bonchev–Trinajstić information content (AvgIpc) is 2.61. The van der Waals surface area contributed by atoms with Gasteiger partial charge in [-0.1, -0.05) is 53.1 Å². The van der Waals surface area contributed by atoms with E-state index >= 15 is 0 Å². The van der Waals surface area contributed by atoms with E-state index in [4.69, 9.17) is 0 Å². The van der Waals surface area contributed by atoms with E-state index in [-0.39, 0.29) is 0 Å². The van der Waals surface area contributed by atoms with Crippen LogP contribution in [0.25, 0.3) is 0 Å². The highest BCUT2D eigenvalue weighted by Gasteiger charge is 2.32. The Morgan fingerprint density at radius 3 is 0.923 bits per heavy atom. The molecule has 0 atom stereocenters. The van der Waals surface area contributed by atoms with Gasteiger partial charge in [0.2, 0.25) is 5.52 Å². The highest BCUT2D eigenvalue weighted by Crippen LogP contribution is 2.51. The molecule has 134 valence electrons. The summed E-state index contributed by atoms with van der Waals surface area (Å²) < 4.78 is 0. The number of aryl methyl sites for hydroxylation is 3. The first-order chi connectivity index (χ1) is 12.4. The molecule has 0 unspecified atom stereocenters. The van der Waals surface area contributed by atoms with Crippen molar-refractivity contribution in [3.8, 4) is 0 Å². The lowest BCUT2D eigenvalue weighted by Crippen LogP contribution is -2.16. The summed E-state index contributed by atoms with van der Waals surface area (Å²) in [6.07, 6.45) is 0. The molecule has 3 aromatic carbocycles. The van der Waals surface area contributed by atoms with Crippen LogP contribution in [-0.4, -0.2) is 5.52 Å². The third kappa shape index (κ3) is 5.71. The Labute approximate surface area is 170 Å². The predicted molar refractivity (Wildman–Crippen MR) is 123 cm³/mol. The van der Waals surface area contributed by atoms with E-state index in [0.717, 1.165) is 0 Å². The zero-order valence-corrected chi connectivity index (χ0v) is 19.1. The van der Waals surface area contributed by atoms with Gasteiger partial charge in [0.05, 0.1) is 0 Å². The van der Waals surface area contributed by atoms with Crippen molar-refractivity contribution in [2.75, 3.05) is 0 Å². The molecule has 0 radical (unpaired) electrons. The molecular formula is C22H24S3Si. The molecule has 0 saturated heterocycles. The molecule has 0 bridgehead atoms. The van der Waals surface area contributed by atoms with Crippen molar-refractivity contribution in [1.82, 2.24) is 0 Å². The molecule has 0 aromatic heterocycles. The number of hydrogen-bond donors (Lipinski definition) is 0. The Balaban J connectivity index is 1.86. The quantitative estimate of drug-likeness (QED) is 0.378. The summed E-state index contributed by atoms with van der Waals surface area (Å²) in [6, 6.07) is 26.8. The summed E-state index contributed by atoms with van der Waals surface area (Å²) >= 11 is 6.19. The maximum Gasteiger partial charge on any atom is 0.248 e. The van der Waals surface area contributed by atoms with Crippen LogP contribution < -0.4 is 0 Å². The molecule has 0 amide bonds. The second-order valence-corrected chi connectivity index (χ2v) is 21.9. The molecule has 0 nitrogen and oxygen atoms in total. The van der Waals surface area contributed by atoms with Gasteiger partial charge in [0, 0.05) is 14.7 Å². The average molecular weight is 413 g/mol. The van der Waals surface area contributed by atoms with Crippen molar-refractivity contribution in [2.45, 2.75) is 42.0 Å². The van der Waals surface area contributed by atoms with Crippen molar-refractivity contribution < 1.29 is 0 Å². The lowest BCUT2D eigenvalue weighted by molar-refractivity contribution is 1.38. The molecule has 4 heteroatoms. The first kappa shape index (κ1) is 19.7. The molecule has 0 heterocycles. The van der Waals surface area contributed by atoms with Gasteiger partial charge in [0.25, 0.3) is 0 Å². The largest absolute Gasteiger partial charge is 0.248 e. The van der Waals surface area contributed by atoms with Gasteiger partial charge in [-0.2, -0.15) is 0 Å². The molecule has 0 spiro atoms. The van der Waals surface area contributed by atoms with Gasteiger partial charge < -0.3 is 0 Å². The fraction of sp³-hybridized carbons (Fsp3) is 0.182. The summed E-state index contributed by atoms with van der Waals surface area (Å²) in [4.78, 5) is 4.09. The fourth-order valence-electron chi connectivity index (χ4n) is 2.52. The van der Waals surface area contributed by atoms with Crippen LogP contribution in [0.3, 0.4) is 0 Å². The topological polar surface area (TPSA) is 0 Å². The smallest absolute Gasteiger partial charge is 0.126 e. The molecule has 0 aliphatic heterocycles. The molecular weight excluding hydrogens is 389 g/mol. The molecule has 0 aliphatic carbocycles. The Bertz CT molecular complexity index is 724. The van der Waals surface area contributed by atoms with Crippen molar-refractivity contribution >= 4 is 39.2 Å². The maximum absolute atomic E-state index is 2.46. The predicted octanol–water partition coefficient (Wildman–Crippen LogP) is 7.86. The summed E-state index contributed by atoms with van der Waals surface area (Å²) in [5, 5.41) is 0. The van der Waals surface area contributed by atoms with E-state index in [1.807, 2.05) is 0 Å². The summed E-state index contributed by atoms with van der Waals surface area (Å²) in [6.45, 7) is 8.90. The first-order valence-electron chi connectivity index (χ1n) is 8.69. The minimum absolute atomic E-state index is 1.31. The first-order valence-corrected chi connectivity index (χ1v) is 15.8. The summed E-state index contributed by atoms with van der Waals surface area (Å²) in [5.41, 5.74) is 2.17. The molecule has 0 fully saturated rings. The standard InChI is InChI=1S/C22H24S3Si/c1-17-5-11-20(12-6-17)23-26(4,24-21-13-7-18(2)8-14-21)25-22-15-9-19(3)10-16-22/h5-16H,1-4H3. The van der Waals surface area contributed by atoms with Gasteiger partial charge in [-0.05, 0) is 63.7 Å². The second-order valence-electron chi connectivity index (χ2n) is 6.61. The maximum atomic E-state index is 2.46. The van der Waals surface area contributed by atoms with E-state index in [9.17, 15) is 0 Å². The van der Waals surface area contributed by atoms with E-state index < -0.39 is 5.52 Å². The van der Waals surface area contributed by atoms with Crippen molar-refractivity contribution in [2.24, 2.45) is 0 Å². The normalized spacial score (nSPS) is 11.5. The lowest BCUT2D eigenvalue weighted by atomic mass is 10.2. The Kier molecular flexibility index (Phi) is 6.62. The van der Waals surface area contributed by atoms with Gasteiger partial charge in [0.1, 0.15) is 0 Å². The van der Waals surface area contributed by atoms with Crippen LogP contribution in [0.15, 0.2) is 87.5 Å². The van der Waals surface area contributed by atoms with Crippen LogP contribution in [0, 0.1) is 20.8 Å². The second kappa shape index (κ2) is 8.74. The van der Waals surface area contributed by atoms with E-state index in [2.05, 4.69) is 134 Å². The van der Waals surface area contributed by atoms with E-state index in [1.54, 1.807) is 0 Å². The number of hydrogen-bond acceptors (Lipinski definition) is 3. The van der Waals surface area contributed by atoms with Crippen LogP contribution in [-0.2, 0) is 0 Å². The van der Waals surface area contributed by atoms with Crippen LogP contribution in [0.2, 0.25) is 6.55 Å². The minimum atomic E-state index is -1.77. The number of rotatable bonds is 6. The monoisotopic (exact) mass is 412 g/mol. The van der Waals surface area contributed by atoms with Crippen LogP contribution >= 0.6 is 33.6 Å². The van der Waals surface area contributed by atoms with Gasteiger partial charge in [0.15, 0.2) is 0 Å². The van der Waals surface area contributed by atoms with Crippen LogP contribution in [0.4, 0.5) is 0 Å². The molecule has 3 aromatic rings. The SMILES string of the molecule is Cc1ccc(S[Si](C)(Sc2ccc(C)cc2)Sc2ccc(C)cc2)cc1. The minimum Gasteiger partial charge on any atom is -0.126 e. The highest BCUT2D eigenvalue weighted by molar-refractivity contribution is 8.80. The van der Waals surface area contributed by atoms with Crippen molar-refractivity contribution in [3.63, 3.8) is 0 Å². The Morgan fingerprint density at radius 1 is 0.462 bits per heavy atom. The van der Waals surface area contributed by atoms with E-state index in [0.29, 0.717) is 0 Å². The number of benzene rings is 3. The van der Waals surface area contributed by atoms with Gasteiger partial charge in [-0.15, -0.1) is 33.6 Å². The third-order valence-corrected chi connectivity index (χ3v) is 16.6. The van der Waals surface area contributed by atoms with Crippen LogP contribution in [0.5, 0.6) is 0 Å². The summed E-state index contributed by atoms with van der Waals surface area (Å²) in [7, 11) is 0. The van der Waals surface area contributed by atoms with E-state index in [1.165, 1.54) is 31.4 Å². The molecule has 0 saturated carbocycles. The Hall–Kier alpha value is -1.07.